The van der Waals surface area contributed by atoms with Crippen molar-refractivity contribution in [1.82, 2.24) is 14.9 Å². The molecule has 2 aliphatic heterocycles. The Morgan fingerprint density at radius 1 is 1.11 bits per heavy atom. The van der Waals surface area contributed by atoms with Crippen LogP contribution in [-0.2, 0) is 6.54 Å². The highest BCUT2D eigenvalue weighted by Gasteiger charge is 2.31. The van der Waals surface area contributed by atoms with Gasteiger partial charge >= 0.3 is 0 Å². The molecule has 0 bridgehead atoms. The van der Waals surface area contributed by atoms with Gasteiger partial charge in [-0.05, 0) is 54.4 Å². The Morgan fingerprint density at radius 3 is 2.83 bits per heavy atom. The summed E-state index contributed by atoms with van der Waals surface area (Å²) < 4.78 is 6.10. The molecule has 0 saturated carbocycles. The van der Waals surface area contributed by atoms with Gasteiger partial charge in [0.2, 0.25) is 11.8 Å². The predicted octanol–water partition coefficient (Wildman–Crippen LogP) is 4.39. The molecule has 0 radical (unpaired) electrons. The SMILES string of the molecule is CCNc1nc2ccc(-c3ccc4c(c3)CN(C3=NC(C)(O)Nc5ccccc53)CCO4)cc2[nH]1. The largest absolute Gasteiger partial charge is 0.491 e. The summed E-state index contributed by atoms with van der Waals surface area (Å²) in [6.45, 7) is 6.36. The van der Waals surface area contributed by atoms with Crippen molar-refractivity contribution in [3.63, 3.8) is 0 Å². The number of aromatic nitrogens is 2. The van der Waals surface area contributed by atoms with E-state index < -0.39 is 5.85 Å². The summed E-state index contributed by atoms with van der Waals surface area (Å²) in [5, 5.41) is 17.1. The van der Waals surface area contributed by atoms with Crippen LogP contribution in [0.15, 0.2) is 65.7 Å². The number of ether oxygens (including phenoxy) is 1. The van der Waals surface area contributed by atoms with Gasteiger partial charge in [-0.2, -0.15) is 0 Å². The summed E-state index contributed by atoms with van der Waals surface area (Å²) >= 11 is 0. The Bertz CT molecular complexity index is 1440. The minimum atomic E-state index is -1.37. The number of nitrogens with zero attached hydrogens (tertiary/aromatic N) is 3. The first-order chi connectivity index (χ1) is 17.0. The van der Waals surface area contributed by atoms with Crippen LogP contribution in [0, 0.1) is 0 Å². The molecule has 4 aromatic rings. The Morgan fingerprint density at radius 2 is 1.94 bits per heavy atom. The Hall–Kier alpha value is -4.04. The summed E-state index contributed by atoms with van der Waals surface area (Å²) in [5.74, 6) is 1.06. The minimum Gasteiger partial charge on any atom is -0.491 e. The second kappa shape index (κ2) is 8.32. The van der Waals surface area contributed by atoms with Crippen LogP contribution < -0.4 is 15.4 Å². The highest BCUT2D eigenvalue weighted by atomic mass is 16.5. The monoisotopic (exact) mass is 468 g/mol. The maximum Gasteiger partial charge on any atom is 0.233 e. The molecule has 6 rings (SSSR count). The molecule has 0 saturated heterocycles. The topological polar surface area (TPSA) is 97.8 Å². The zero-order chi connectivity index (χ0) is 24.0. The molecule has 0 amide bonds. The molecule has 8 nitrogen and oxygen atoms in total. The highest BCUT2D eigenvalue weighted by molar-refractivity contribution is 6.05. The van der Waals surface area contributed by atoms with E-state index in [2.05, 4.69) is 61.7 Å². The van der Waals surface area contributed by atoms with Gasteiger partial charge in [-0.1, -0.05) is 24.3 Å². The van der Waals surface area contributed by atoms with Crippen molar-refractivity contribution in [1.29, 1.82) is 0 Å². The third-order valence-electron chi connectivity index (χ3n) is 6.36. The first-order valence-corrected chi connectivity index (χ1v) is 11.9. The standard InChI is InChI=1S/C27H28N6O2/c1-3-28-26-29-22-10-8-18(15-23(22)30-26)17-9-11-24-19(14-17)16-33(12-13-35-24)25-20-6-4-5-7-21(20)31-27(2,34)32-25/h4-11,14-15,31,34H,3,12-13,16H2,1-2H3,(H2,28,29,30). The van der Waals surface area contributed by atoms with E-state index in [1.807, 2.05) is 36.4 Å². The van der Waals surface area contributed by atoms with Crippen LogP contribution in [0.2, 0.25) is 0 Å². The number of hydrogen-bond donors (Lipinski definition) is 4. The number of rotatable bonds is 3. The summed E-state index contributed by atoms with van der Waals surface area (Å²) in [7, 11) is 0. The van der Waals surface area contributed by atoms with Crippen molar-refractivity contribution < 1.29 is 9.84 Å². The smallest absolute Gasteiger partial charge is 0.233 e. The third-order valence-corrected chi connectivity index (χ3v) is 6.36. The molecule has 3 heterocycles. The van der Waals surface area contributed by atoms with Gasteiger partial charge in [0.05, 0.1) is 17.6 Å². The van der Waals surface area contributed by atoms with E-state index in [4.69, 9.17) is 4.74 Å². The van der Waals surface area contributed by atoms with E-state index in [0.29, 0.717) is 19.7 Å². The molecular weight excluding hydrogens is 440 g/mol. The Labute approximate surface area is 203 Å². The van der Waals surface area contributed by atoms with Gasteiger partial charge in [0, 0.05) is 36.8 Å². The first-order valence-electron chi connectivity index (χ1n) is 11.9. The van der Waals surface area contributed by atoms with Crippen molar-refractivity contribution in [3.05, 3.63) is 71.8 Å². The average molecular weight is 469 g/mol. The summed E-state index contributed by atoms with van der Waals surface area (Å²) in [6, 6.07) is 20.5. The van der Waals surface area contributed by atoms with Gasteiger partial charge in [0.1, 0.15) is 18.2 Å². The lowest BCUT2D eigenvalue weighted by Crippen LogP contribution is -2.43. The molecule has 2 aliphatic rings. The number of fused-ring (bicyclic) bond motifs is 3. The van der Waals surface area contributed by atoms with Crippen LogP contribution in [0.25, 0.3) is 22.2 Å². The summed E-state index contributed by atoms with van der Waals surface area (Å²) in [6.07, 6.45) is 0. The molecule has 1 aromatic heterocycles. The van der Waals surface area contributed by atoms with Gasteiger partial charge in [-0.3, -0.25) is 0 Å². The molecule has 8 heteroatoms. The van der Waals surface area contributed by atoms with Crippen molar-refractivity contribution in [3.8, 4) is 16.9 Å². The fraction of sp³-hybridized carbons (Fsp3) is 0.259. The van der Waals surface area contributed by atoms with Crippen LogP contribution in [0.4, 0.5) is 11.6 Å². The lowest BCUT2D eigenvalue weighted by Gasteiger charge is -2.34. The number of benzene rings is 3. The van der Waals surface area contributed by atoms with E-state index in [1.54, 1.807) is 6.92 Å². The lowest BCUT2D eigenvalue weighted by molar-refractivity contribution is 0.0971. The van der Waals surface area contributed by atoms with Crippen LogP contribution in [0.1, 0.15) is 25.0 Å². The third kappa shape index (κ3) is 4.06. The minimum absolute atomic E-state index is 0.538. The molecule has 4 N–H and O–H groups in total. The molecule has 3 aromatic carbocycles. The average Bonchev–Trinajstić information content (AvgIpc) is 3.12. The number of para-hydroxylation sites is 1. The van der Waals surface area contributed by atoms with Gasteiger partial charge < -0.3 is 30.4 Å². The Kier molecular flexibility index (Phi) is 5.11. The zero-order valence-corrected chi connectivity index (χ0v) is 19.8. The van der Waals surface area contributed by atoms with Crippen LogP contribution in [0.5, 0.6) is 5.75 Å². The first kappa shape index (κ1) is 21.5. The van der Waals surface area contributed by atoms with E-state index in [9.17, 15) is 5.11 Å². The molecule has 1 unspecified atom stereocenters. The van der Waals surface area contributed by atoms with Crippen molar-refractivity contribution >= 4 is 28.5 Å². The summed E-state index contributed by atoms with van der Waals surface area (Å²) in [4.78, 5) is 14.8. The number of amidine groups is 1. The van der Waals surface area contributed by atoms with Gasteiger partial charge in [-0.25, -0.2) is 9.98 Å². The highest BCUT2D eigenvalue weighted by Crippen LogP contribution is 2.33. The summed E-state index contributed by atoms with van der Waals surface area (Å²) in [5.41, 5.74) is 7.06. The lowest BCUT2D eigenvalue weighted by atomic mass is 10.0. The second-order valence-electron chi connectivity index (χ2n) is 9.07. The number of H-pyrrole nitrogens is 1. The normalized spacial score (nSPS) is 19.2. The number of hydrogen-bond acceptors (Lipinski definition) is 7. The number of imidazole rings is 1. The second-order valence-corrected chi connectivity index (χ2v) is 9.07. The van der Waals surface area contributed by atoms with E-state index in [1.165, 1.54) is 0 Å². The van der Waals surface area contributed by atoms with Crippen LogP contribution >= 0.6 is 0 Å². The van der Waals surface area contributed by atoms with Crippen LogP contribution in [0.3, 0.4) is 0 Å². The molecule has 178 valence electrons. The van der Waals surface area contributed by atoms with E-state index in [-0.39, 0.29) is 0 Å². The quantitative estimate of drug-likeness (QED) is 0.356. The zero-order valence-electron chi connectivity index (χ0n) is 19.8. The van der Waals surface area contributed by atoms with Gasteiger partial charge in [-0.15, -0.1) is 0 Å². The molecule has 0 spiro atoms. The molecule has 1 atom stereocenters. The number of aliphatic imine (C=N–C) groups is 1. The van der Waals surface area contributed by atoms with Crippen molar-refractivity contribution in [2.75, 3.05) is 30.3 Å². The van der Waals surface area contributed by atoms with Crippen molar-refractivity contribution in [2.45, 2.75) is 26.2 Å². The predicted molar refractivity (Wildman–Crippen MR) is 139 cm³/mol. The Balaban J connectivity index is 1.35. The van der Waals surface area contributed by atoms with Gasteiger partial charge in [0.25, 0.3) is 0 Å². The fourth-order valence-corrected chi connectivity index (χ4v) is 4.77. The number of aliphatic hydroxyl groups is 1. The van der Waals surface area contributed by atoms with E-state index >= 15 is 0 Å². The fourth-order valence-electron chi connectivity index (χ4n) is 4.77. The molecule has 0 fully saturated rings. The molecule has 35 heavy (non-hydrogen) atoms. The number of nitrogens with one attached hydrogen (secondary N) is 3. The number of anilines is 2. The van der Waals surface area contributed by atoms with Gasteiger partial charge in [0.15, 0.2) is 0 Å². The number of aromatic amines is 1. The van der Waals surface area contributed by atoms with E-state index in [0.717, 1.165) is 63.1 Å². The molecular formula is C27H28N6O2. The van der Waals surface area contributed by atoms with Crippen LogP contribution in [-0.4, -0.2) is 51.4 Å². The maximum atomic E-state index is 10.7. The maximum absolute atomic E-state index is 10.7. The molecule has 0 aliphatic carbocycles. The van der Waals surface area contributed by atoms with Crippen molar-refractivity contribution in [2.24, 2.45) is 4.99 Å².